The monoisotopic (exact) mass is 448 g/mol. The highest BCUT2D eigenvalue weighted by molar-refractivity contribution is 7.89. The van der Waals surface area contributed by atoms with Gasteiger partial charge in [-0.15, -0.1) is 0 Å². The van der Waals surface area contributed by atoms with Crippen molar-refractivity contribution in [2.75, 3.05) is 41.7 Å². The van der Waals surface area contributed by atoms with Gasteiger partial charge in [0.25, 0.3) is 0 Å². The molecule has 2 heterocycles. The number of carbonyl (C=O) groups is 2. The Balaban J connectivity index is 1.53. The Hall–Kier alpha value is -2.62. The van der Waals surface area contributed by atoms with Crippen LogP contribution in [0, 0.1) is 5.92 Å². The van der Waals surface area contributed by atoms with E-state index in [1.165, 1.54) is 29.4 Å². The van der Waals surface area contributed by atoms with Crippen LogP contribution < -0.4 is 15.5 Å². The van der Waals surface area contributed by atoms with E-state index in [2.05, 4.69) is 15.5 Å². The normalized spacial score (nSPS) is 20.2. The molecule has 8 nitrogen and oxygen atoms in total. The van der Waals surface area contributed by atoms with Gasteiger partial charge in [-0.1, -0.05) is 17.7 Å². The molecule has 0 radical (unpaired) electrons. The molecule has 1 atom stereocenters. The van der Waals surface area contributed by atoms with Gasteiger partial charge in [0.1, 0.15) is 5.92 Å². The lowest BCUT2D eigenvalue weighted by Crippen LogP contribution is -2.48. The first-order valence-corrected chi connectivity index (χ1v) is 11.3. The lowest BCUT2D eigenvalue weighted by Gasteiger charge is -2.35. The van der Waals surface area contributed by atoms with Crippen molar-refractivity contribution in [1.29, 1.82) is 0 Å². The minimum absolute atomic E-state index is 0.0709. The summed E-state index contributed by atoms with van der Waals surface area (Å²) >= 11 is 6.05. The van der Waals surface area contributed by atoms with Gasteiger partial charge >= 0.3 is 0 Å². The summed E-state index contributed by atoms with van der Waals surface area (Å²) in [4.78, 5) is 26.2. The first-order chi connectivity index (χ1) is 14.3. The number of carbonyl (C=O) groups excluding carboxylic acids is 2. The molecule has 158 valence electrons. The maximum Gasteiger partial charge on any atom is 0.243 e. The van der Waals surface area contributed by atoms with Gasteiger partial charge in [0.05, 0.1) is 16.3 Å². The Labute approximate surface area is 179 Å². The van der Waals surface area contributed by atoms with E-state index in [0.717, 1.165) is 5.69 Å². The van der Waals surface area contributed by atoms with E-state index in [9.17, 15) is 18.0 Å². The van der Waals surface area contributed by atoms with Gasteiger partial charge in [-0.05, 0) is 43.3 Å². The van der Waals surface area contributed by atoms with Crippen molar-refractivity contribution in [3.05, 3.63) is 47.5 Å². The quantitative estimate of drug-likeness (QED) is 0.702. The number of hydrogen-bond acceptors (Lipinski definition) is 5. The molecule has 0 aliphatic carbocycles. The third-order valence-corrected chi connectivity index (χ3v) is 7.47. The van der Waals surface area contributed by atoms with Crippen molar-refractivity contribution in [3.63, 3.8) is 0 Å². The Morgan fingerprint density at radius 1 is 0.933 bits per heavy atom. The number of hydrogen-bond donors (Lipinski definition) is 2. The van der Waals surface area contributed by atoms with Crippen LogP contribution in [0.1, 0.15) is 6.92 Å². The van der Waals surface area contributed by atoms with Gasteiger partial charge in [0, 0.05) is 36.9 Å². The van der Waals surface area contributed by atoms with Crippen LogP contribution in [0.3, 0.4) is 0 Å². The summed E-state index contributed by atoms with van der Waals surface area (Å²) in [6, 6.07) is 11.8. The second kappa shape index (κ2) is 7.90. The van der Waals surface area contributed by atoms with Crippen molar-refractivity contribution >= 4 is 50.5 Å². The Morgan fingerprint density at radius 3 is 2.27 bits per heavy atom. The van der Waals surface area contributed by atoms with E-state index in [0.29, 0.717) is 36.9 Å². The second-order valence-electron chi connectivity index (χ2n) is 7.28. The van der Waals surface area contributed by atoms with Crippen LogP contribution in [0.15, 0.2) is 47.4 Å². The number of sulfonamides is 1. The molecule has 2 N–H and O–H groups in total. The maximum absolute atomic E-state index is 13.2. The smallest absolute Gasteiger partial charge is 0.243 e. The molecule has 2 aliphatic rings. The highest BCUT2D eigenvalue weighted by Crippen LogP contribution is 2.31. The summed E-state index contributed by atoms with van der Waals surface area (Å²) in [6.07, 6.45) is 0. The highest BCUT2D eigenvalue weighted by atomic mass is 35.5. The number of rotatable bonds is 3. The summed E-state index contributed by atoms with van der Waals surface area (Å²) in [6.45, 7) is 3.22. The largest absolute Gasteiger partial charge is 0.369 e. The van der Waals surface area contributed by atoms with E-state index >= 15 is 0 Å². The molecule has 0 spiro atoms. The summed E-state index contributed by atoms with van der Waals surface area (Å²) in [7, 11) is -3.75. The second-order valence-corrected chi connectivity index (χ2v) is 9.65. The number of benzene rings is 2. The third-order valence-electron chi connectivity index (χ3n) is 5.34. The fraction of sp³-hybridized carbons (Fsp3) is 0.300. The zero-order valence-corrected chi connectivity index (χ0v) is 17.8. The molecule has 2 amide bonds. The SMILES string of the molecule is C[C@H]1C(=O)Nc2ccc(S(=O)(=O)N3CCN(c4cccc(Cl)c4)CC3)cc2NC1=O. The number of fused-ring (bicyclic) bond motifs is 1. The Kier molecular flexibility index (Phi) is 5.44. The van der Waals surface area contributed by atoms with Crippen LogP contribution in [0.4, 0.5) is 17.1 Å². The summed E-state index contributed by atoms with van der Waals surface area (Å²) < 4.78 is 27.7. The lowest BCUT2D eigenvalue weighted by molar-refractivity contribution is -0.128. The fourth-order valence-electron chi connectivity index (χ4n) is 3.51. The standard InChI is InChI=1S/C20H21ClN4O4S/c1-13-19(26)22-17-6-5-16(12-18(17)23-20(13)27)30(28,29)25-9-7-24(8-10-25)15-4-2-3-14(21)11-15/h2-6,11-13H,7-10H2,1H3,(H,22,26)(H,23,27)/t13-/m0/s1. The van der Waals surface area contributed by atoms with Crippen molar-refractivity contribution in [2.45, 2.75) is 11.8 Å². The molecule has 2 aromatic rings. The first kappa shape index (κ1) is 20.6. The predicted octanol–water partition coefficient (Wildman–Crippen LogP) is 2.38. The van der Waals surface area contributed by atoms with E-state index < -0.39 is 27.8 Å². The molecule has 10 heteroatoms. The van der Waals surface area contributed by atoms with Crippen molar-refractivity contribution in [1.82, 2.24) is 4.31 Å². The average Bonchev–Trinajstić information content (AvgIpc) is 2.84. The molecule has 1 saturated heterocycles. The molecule has 30 heavy (non-hydrogen) atoms. The van der Waals surface area contributed by atoms with Crippen LogP contribution in [0.25, 0.3) is 0 Å². The maximum atomic E-state index is 13.2. The molecule has 0 aromatic heterocycles. The average molecular weight is 449 g/mol. The third kappa shape index (κ3) is 3.88. The molecule has 0 unspecified atom stereocenters. The van der Waals surface area contributed by atoms with E-state index in [1.807, 2.05) is 18.2 Å². The number of halogens is 1. The van der Waals surface area contributed by atoms with Crippen LogP contribution in [0.2, 0.25) is 5.02 Å². The van der Waals surface area contributed by atoms with Gasteiger partial charge in [-0.25, -0.2) is 8.42 Å². The Bertz CT molecular complexity index is 1110. The number of nitrogens with one attached hydrogen (secondary N) is 2. The molecule has 2 aromatic carbocycles. The van der Waals surface area contributed by atoms with Crippen molar-refractivity contribution in [2.24, 2.45) is 5.92 Å². The van der Waals surface area contributed by atoms with Gasteiger partial charge in [0.2, 0.25) is 21.8 Å². The first-order valence-electron chi connectivity index (χ1n) is 9.52. The topological polar surface area (TPSA) is 98.8 Å². The number of piperazine rings is 1. The summed E-state index contributed by atoms with van der Waals surface area (Å²) in [5.41, 5.74) is 1.61. The molecule has 1 fully saturated rings. The summed E-state index contributed by atoms with van der Waals surface area (Å²) in [5, 5.41) is 5.90. The van der Waals surface area contributed by atoms with Gasteiger partial charge in [-0.2, -0.15) is 4.31 Å². The molecule has 0 bridgehead atoms. The minimum Gasteiger partial charge on any atom is -0.369 e. The zero-order chi connectivity index (χ0) is 21.5. The number of amides is 2. The molecular formula is C20H21ClN4O4S. The zero-order valence-electron chi connectivity index (χ0n) is 16.3. The number of anilines is 3. The van der Waals surface area contributed by atoms with Crippen molar-refractivity contribution < 1.29 is 18.0 Å². The van der Waals surface area contributed by atoms with Crippen LogP contribution in [-0.2, 0) is 19.6 Å². The van der Waals surface area contributed by atoms with Crippen molar-refractivity contribution in [3.8, 4) is 0 Å². The van der Waals surface area contributed by atoms with E-state index in [4.69, 9.17) is 11.6 Å². The van der Waals surface area contributed by atoms with Gasteiger partial charge in [0.15, 0.2) is 0 Å². The summed E-state index contributed by atoms with van der Waals surface area (Å²) in [5.74, 6) is -1.77. The van der Waals surface area contributed by atoms with Gasteiger partial charge < -0.3 is 15.5 Å². The fourth-order valence-corrected chi connectivity index (χ4v) is 5.14. The van der Waals surface area contributed by atoms with Crippen LogP contribution in [0.5, 0.6) is 0 Å². The van der Waals surface area contributed by atoms with Gasteiger partial charge in [-0.3, -0.25) is 9.59 Å². The minimum atomic E-state index is -3.75. The Morgan fingerprint density at radius 2 is 1.60 bits per heavy atom. The molecule has 4 rings (SSSR count). The van der Waals surface area contributed by atoms with E-state index in [1.54, 1.807) is 6.07 Å². The predicted molar refractivity (Wildman–Crippen MR) is 115 cm³/mol. The molecule has 2 aliphatic heterocycles. The lowest BCUT2D eigenvalue weighted by atomic mass is 10.1. The van der Waals surface area contributed by atoms with Crippen LogP contribution in [-0.4, -0.2) is 50.7 Å². The number of nitrogens with zero attached hydrogens (tertiary/aromatic N) is 2. The molecular weight excluding hydrogens is 428 g/mol. The molecule has 0 saturated carbocycles. The van der Waals surface area contributed by atoms with E-state index in [-0.39, 0.29) is 10.6 Å². The highest BCUT2D eigenvalue weighted by Gasteiger charge is 2.31. The van der Waals surface area contributed by atoms with Crippen LogP contribution >= 0.6 is 11.6 Å².